The molecule has 0 aromatic heterocycles. The molecule has 0 atom stereocenters. The van der Waals surface area contributed by atoms with Crippen molar-refractivity contribution >= 4 is 27.4 Å². The number of nitrogen functional groups attached to an aromatic ring is 1. The smallest absolute Gasteiger partial charge is 0.178 e. The van der Waals surface area contributed by atoms with Crippen molar-refractivity contribution in [1.29, 1.82) is 0 Å². The molecule has 3 nitrogen and oxygen atoms in total. The minimum absolute atomic E-state index is 0.00810. The monoisotopic (exact) mass is 228 g/mol. The van der Waals surface area contributed by atoms with Gasteiger partial charge in [-0.05, 0) is 18.2 Å². The summed E-state index contributed by atoms with van der Waals surface area (Å²) in [4.78, 5) is 11.1. The highest BCUT2D eigenvalue weighted by molar-refractivity contribution is 9.10. The summed E-state index contributed by atoms with van der Waals surface area (Å²) >= 11 is 3.24. The Hall–Kier alpha value is -0.870. The summed E-state index contributed by atoms with van der Waals surface area (Å²) in [6, 6.07) is 5.11. The van der Waals surface area contributed by atoms with Crippen LogP contribution in [-0.4, -0.2) is 12.3 Å². The molecule has 64 valence electrons. The molecule has 0 spiro atoms. The normalized spacial score (nSPS) is 9.83. The summed E-state index contributed by atoms with van der Waals surface area (Å²) in [6.07, 6.45) is 0. The third-order valence-corrected chi connectivity index (χ3v) is 1.99. The Morgan fingerprint density at radius 3 is 2.67 bits per heavy atom. The fourth-order valence-electron chi connectivity index (χ4n) is 0.897. The number of hydrogen-bond donors (Lipinski definition) is 2. The second-order valence-electron chi connectivity index (χ2n) is 2.36. The zero-order valence-corrected chi connectivity index (χ0v) is 7.97. The lowest BCUT2D eigenvalue weighted by Gasteiger charge is -2.02. The average Bonchev–Trinajstić information content (AvgIpc) is 2.03. The Labute approximate surface area is 78.9 Å². The van der Waals surface area contributed by atoms with Crippen molar-refractivity contribution in [2.75, 3.05) is 12.3 Å². The lowest BCUT2D eigenvalue weighted by molar-refractivity contribution is 0.100. The number of Topliss-reactive ketones (excluding diaryl/α,β-unsaturated/α-hetero) is 1. The largest absolute Gasteiger partial charge is 0.398 e. The van der Waals surface area contributed by atoms with Crippen LogP contribution in [0, 0.1) is 0 Å². The van der Waals surface area contributed by atoms with E-state index in [0.29, 0.717) is 11.3 Å². The molecule has 0 fully saturated rings. The maximum Gasteiger partial charge on any atom is 0.178 e. The first-order valence-corrected chi connectivity index (χ1v) is 4.22. The highest BCUT2D eigenvalue weighted by Crippen LogP contribution is 2.18. The molecule has 0 saturated heterocycles. The maximum atomic E-state index is 11.1. The summed E-state index contributed by atoms with van der Waals surface area (Å²) in [5.41, 5.74) is 11.7. The topological polar surface area (TPSA) is 69.1 Å². The van der Waals surface area contributed by atoms with Crippen molar-refractivity contribution in [2.24, 2.45) is 5.73 Å². The van der Waals surface area contributed by atoms with Gasteiger partial charge in [-0.3, -0.25) is 4.79 Å². The molecule has 0 saturated carbocycles. The second-order valence-corrected chi connectivity index (χ2v) is 3.27. The van der Waals surface area contributed by atoms with Crippen molar-refractivity contribution in [3.8, 4) is 0 Å². The lowest BCUT2D eigenvalue weighted by atomic mass is 10.1. The van der Waals surface area contributed by atoms with Crippen LogP contribution < -0.4 is 11.5 Å². The molecule has 1 rings (SSSR count). The minimum atomic E-state index is -0.139. The van der Waals surface area contributed by atoms with Crippen LogP contribution in [0.4, 0.5) is 5.69 Å². The second kappa shape index (κ2) is 3.69. The first-order valence-electron chi connectivity index (χ1n) is 3.43. The first kappa shape index (κ1) is 9.22. The number of ketones is 1. The Kier molecular flexibility index (Phi) is 2.83. The van der Waals surface area contributed by atoms with Gasteiger partial charge in [-0.2, -0.15) is 0 Å². The molecular weight excluding hydrogens is 220 g/mol. The van der Waals surface area contributed by atoms with Gasteiger partial charge in [0.25, 0.3) is 0 Å². The van der Waals surface area contributed by atoms with E-state index in [9.17, 15) is 4.79 Å². The van der Waals surface area contributed by atoms with E-state index in [4.69, 9.17) is 11.5 Å². The van der Waals surface area contributed by atoms with E-state index in [1.165, 1.54) is 0 Å². The van der Waals surface area contributed by atoms with Crippen molar-refractivity contribution in [2.45, 2.75) is 0 Å². The van der Waals surface area contributed by atoms with Crippen LogP contribution >= 0.6 is 15.9 Å². The Morgan fingerprint density at radius 2 is 2.17 bits per heavy atom. The standard InChI is InChI=1S/C8H9BrN2O/c9-5-1-2-6(7(11)3-5)8(12)4-10/h1-3H,4,10-11H2. The molecule has 1 aromatic carbocycles. The fourth-order valence-corrected chi connectivity index (χ4v) is 1.28. The van der Waals surface area contributed by atoms with E-state index >= 15 is 0 Å². The van der Waals surface area contributed by atoms with Gasteiger partial charge < -0.3 is 11.5 Å². The molecule has 4 N–H and O–H groups in total. The van der Waals surface area contributed by atoms with Gasteiger partial charge >= 0.3 is 0 Å². The number of anilines is 1. The van der Waals surface area contributed by atoms with Crippen LogP contribution in [0.1, 0.15) is 10.4 Å². The van der Waals surface area contributed by atoms with E-state index in [1.807, 2.05) is 0 Å². The summed E-state index contributed by atoms with van der Waals surface area (Å²) in [7, 11) is 0. The predicted octanol–water partition coefficient (Wildman–Crippen LogP) is 1.17. The van der Waals surface area contributed by atoms with Gasteiger partial charge in [0.1, 0.15) is 0 Å². The lowest BCUT2D eigenvalue weighted by Crippen LogP contribution is -2.15. The number of nitrogens with two attached hydrogens (primary N) is 2. The summed E-state index contributed by atoms with van der Waals surface area (Å²) in [6.45, 7) is -0.00810. The molecule has 0 heterocycles. The average molecular weight is 229 g/mol. The molecule has 12 heavy (non-hydrogen) atoms. The van der Waals surface area contributed by atoms with Crippen LogP contribution in [0.5, 0.6) is 0 Å². The van der Waals surface area contributed by atoms with Crippen LogP contribution in [0.15, 0.2) is 22.7 Å². The van der Waals surface area contributed by atoms with Crippen molar-refractivity contribution < 1.29 is 4.79 Å². The molecule has 0 aliphatic heterocycles. The third kappa shape index (κ3) is 1.84. The molecule has 0 aliphatic rings. The van der Waals surface area contributed by atoms with Gasteiger partial charge in [-0.1, -0.05) is 15.9 Å². The minimum Gasteiger partial charge on any atom is -0.398 e. The molecular formula is C8H9BrN2O. The van der Waals surface area contributed by atoms with Gasteiger partial charge in [0.15, 0.2) is 5.78 Å². The zero-order valence-electron chi connectivity index (χ0n) is 6.38. The maximum absolute atomic E-state index is 11.1. The molecule has 0 radical (unpaired) electrons. The van der Waals surface area contributed by atoms with Gasteiger partial charge in [-0.25, -0.2) is 0 Å². The number of carbonyl (C=O) groups excluding carboxylic acids is 1. The van der Waals surface area contributed by atoms with E-state index in [2.05, 4.69) is 15.9 Å². The molecule has 0 unspecified atom stereocenters. The molecule has 0 amide bonds. The highest BCUT2D eigenvalue weighted by Gasteiger charge is 2.06. The highest BCUT2D eigenvalue weighted by atomic mass is 79.9. The van der Waals surface area contributed by atoms with Crippen LogP contribution in [0.3, 0.4) is 0 Å². The summed E-state index contributed by atoms with van der Waals surface area (Å²) < 4.78 is 0.855. The Balaban J connectivity index is 3.09. The van der Waals surface area contributed by atoms with Crippen molar-refractivity contribution in [3.05, 3.63) is 28.2 Å². The quantitative estimate of drug-likeness (QED) is 0.590. The Morgan fingerprint density at radius 1 is 1.50 bits per heavy atom. The van der Waals surface area contributed by atoms with E-state index in [0.717, 1.165) is 4.47 Å². The number of halogens is 1. The van der Waals surface area contributed by atoms with Gasteiger partial charge in [0.2, 0.25) is 0 Å². The van der Waals surface area contributed by atoms with Crippen LogP contribution in [0.2, 0.25) is 0 Å². The van der Waals surface area contributed by atoms with Crippen LogP contribution in [0.25, 0.3) is 0 Å². The predicted molar refractivity (Wildman–Crippen MR) is 51.9 cm³/mol. The molecule has 0 bridgehead atoms. The number of benzene rings is 1. The molecule has 4 heteroatoms. The summed E-state index contributed by atoms with van der Waals surface area (Å²) in [5, 5.41) is 0. The van der Waals surface area contributed by atoms with Crippen LogP contribution in [-0.2, 0) is 0 Å². The number of hydrogen-bond acceptors (Lipinski definition) is 3. The summed E-state index contributed by atoms with van der Waals surface area (Å²) in [5.74, 6) is -0.139. The van der Waals surface area contributed by atoms with E-state index < -0.39 is 0 Å². The van der Waals surface area contributed by atoms with Gasteiger partial charge in [0.05, 0.1) is 6.54 Å². The van der Waals surface area contributed by atoms with E-state index in [1.54, 1.807) is 18.2 Å². The van der Waals surface area contributed by atoms with Gasteiger partial charge in [0, 0.05) is 15.7 Å². The third-order valence-electron chi connectivity index (χ3n) is 1.50. The van der Waals surface area contributed by atoms with Gasteiger partial charge in [-0.15, -0.1) is 0 Å². The van der Waals surface area contributed by atoms with E-state index in [-0.39, 0.29) is 12.3 Å². The number of carbonyl (C=O) groups is 1. The molecule has 0 aliphatic carbocycles. The van der Waals surface area contributed by atoms with Crippen molar-refractivity contribution in [3.63, 3.8) is 0 Å². The Bertz CT molecular complexity index is 312. The SMILES string of the molecule is NCC(=O)c1ccc(Br)cc1N. The zero-order chi connectivity index (χ0) is 9.14. The first-order chi connectivity index (χ1) is 5.65. The molecule has 1 aromatic rings. The van der Waals surface area contributed by atoms with Crippen molar-refractivity contribution in [1.82, 2.24) is 0 Å². The number of rotatable bonds is 2. The fraction of sp³-hybridized carbons (Fsp3) is 0.125.